The van der Waals surface area contributed by atoms with E-state index in [0.29, 0.717) is 16.3 Å². The van der Waals surface area contributed by atoms with Crippen molar-refractivity contribution in [2.45, 2.75) is 6.92 Å². The minimum atomic E-state index is -0.536. The first-order chi connectivity index (χ1) is 10.1. The number of rotatable bonds is 4. The average Bonchev–Trinajstić information content (AvgIpc) is 2.49. The first-order valence-electron chi connectivity index (χ1n) is 6.43. The van der Waals surface area contributed by atoms with Crippen LogP contribution in [0.3, 0.4) is 0 Å². The molecule has 2 aromatic carbocycles. The molecule has 0 saturated heterocycles. The Bertz CT molecular complexity index is 653. The molecule has 0 spiro atoms. The molecule has 0 saturated carbocycles. The number of anilines is 1. The van der Waals surface area contributed by atoms with Gasteiger partial charge in [-0.15, -0.1) is 0 Å². The summed E-state index contributed by atoms with van der Waals surface area (Å²) in [5.41, 5.74) is 2.66. The fourth-order valence-corrected chi connectivity index (χ4v) is 2.02. The van der Waals surface area contributed by atoms with Gasteiger partial charge in [-0.3, -0.25) is 10.1 Å². The highest BCUT2D eigenvalue weighted by Gasteiger charge is 2.10. The number of hydrogen-bond donors (Lipinski definition) is 1. The lowest BCUT2D eigenvalue weighted by Crippen LogP contribution is -2.14. The van der Waals surface area contributed by atoms with Crippen LogP contribution in [0.1, 0.15) is 17.3 Å². The number of amides is 1. The Morgan fingerprint density at radius 3 is 2.57 bits per heavy atom. The molecule has 0 aliphatic carbocycles. The number of benzene rings is 2. The van der Waals surface area contributed by atoms with Crippen molar-refractivity contribution in [2.24, 2.45) is 0 Å². The van der Waals surface area contributed by atoms with E-state index >= 15 is 0 Å². The van der Waals surface area contributed by atoms with E-state index in [1.807, 2.05) is 12.1 Å². The van der Waals surface area contributed by atoms with Crippen molar-refractivity contribution in [1.82, 2.24) is 0 Å². The number of aldehydes is 1. The number of halogens is 1. The molecule has 108 valence electrons. The van der Waals surface area contributed by atoms with Gasteiger partial charge in [0.2, 0.25) is 0 Å². The number of ether oxygens (including phenoxy) is 1. The van der Waals surface area contributed by atoms with Gasteiger partial charge in [0.25, 0.3) is 0 Å². The van der Waals surface area contributed by atoms with Gasteiger partial charge in [-0.2, -0.15) is 0 Å². The molecule has 0 aliphatic rings. The van der Waals surface area contributed by atoms with E-state index in [1.165, 1.54) is 0 Å². The number of hydrogen-bond acceptors (Lipinski definition) is 3. The second-order valence-corrected chi connectivity index (χ2v) is 4.71. The molecule has 0 unspecified atom stereocenters. The van der Waals surface area contributed by atoms with Crippen LogP contribution in [-0.2, 0) is 4.74 Å². The van der Waals surface area contributed by atoms with Gasteiger partial charge in [0.1, 0.15) is 6.29 Å². The molecule has 2 rings (SSSR count). The van der Waals surface area contributed by atoms with Crippen molar-refractivity contribution >= 4 is 29.7 Å². The Balaban J connectivity index is 2.42. The average molecular weight is 304 g/mol. The zero-order valence-corrected chi connectivity index (χ0v) is 12.2. The second kappa shape index (κ2) is 6.90. The SMILES string of the molecule is CCOC(=O)Nc1ccc(C=O)cc1-c1ccc(Cl)cc1. The molecule has 2 aromatic rings. The quantitative estimate of drug-likeness (QED) is 0.852. The monoisotopic (exact) mass is 303 g/mol. The molecule has 21 heavy (non-hydrogen) atoms. The topological polar surface area (TPSA) is 55.4 Å². The van der Waals surface area contributed by atoms with Crippen molar-refractivity contribution in [3.8, 4) is 11.1 Å². The van der Waals surface area contributed by atoms with Gasteiger partial charge in [0.05, 0.1) is 12.3 Å². The molecular formula is C16H14ClNO3. The molecule has 5 heteroatoms. The molecule has 1 amide bonds. The van der Waals surface area contributed by atoms with Gasteiger partial charge in [0.15, 0.2) is 0 Å². The number of nitrogens with one attached hydrogen (secondary N) is 1. The van der Waals surface area contributed by atoms with E-state index in [2.05, 4.69) is 5.32 Å². The van der Waals surface area contributed by atoms with Crippen LogP contribution >= 0.6 is 11.6 Å². The summed E-state index contributed by atoms with van der Waals surface area (Å²) >= 11 is 5.88. The molecule has 0 radical (unpaired) electrons. The van der Waals surface area contributed by atoms with E-state index in [9.17, 15) is 9.59 Å². The van der Waals surface area contributed by atoms with Crippen LogP contribution in [-0.4, -0.2) is 19.0 Å². The van der Waals surface area contributed by atoms with Crippen molar-refractivity contribution in [2.75, 3.05) is 11.9 Å². The highest BCUT2D eigenvalue weighted by Crippen LogP contribution is 2.30. The van der Waals surface area contributed by atoms with E-state index < -0.39 is 6.09 Å². The fraction of sp³-hybridized carbons (Fsp3) is 0.125. The van der Waals surface area contributed by atoms with Gasteiger partial charge in [-0.25, -0.2) is 4.79 Å². The summed E-state index contributed by atoms with van der Waals surface area (Å²) in [5.74, 6) is 0. The smallest absolute Gasteiger partial charge is 0.411 e. The van der Waals surface area contributed by atoms with Crippen molar-refractivity contribution < 1.29 is 14.3 Å². The minimum Gasteiger partial charge on any atom is -0.450 e. The van der Waals surface area contributed by atoms with E-state index in [-0.39, 0.29) is 6.61 Å². The van der Waals surface area contributed by atoms with Crippen molar-refractivity contribution in [3.63, 3.8) is 0 Å². The van der Waals surface area contributed by atoms with Gasteiger partial charge in [0, 0.05) is 16.1 Å². The van der Waals surface area contributed by atoms with Gasteiger partial charge >= 0.3 is 6.09 Å². The molecule has 0 aromatic heterocycles. The first kappa shape index (κ1) is 15.1. The van der Waals surface area contributed by atoms with Crippen molar-refractivity contribution in [3.05, 3.63) is 53.1 Å². The zero-order valence-electron chi connectivity index (χ0n) is 11.4. The molecule has 4 nitrogen and oxygen atoms in total. The fourth-order valence-electron chi connectivity index (χ4n) is 1.89. The Morgan fingerprint density at radius 1 is 1.24 bits per heavy atom. The van der Waals surface area contributed by atoms with Gasteiger partial charge < -0.3 is 4.74 Å². The molecule has 0 atom stereocenters. The summed E-state index contributed by atoms with van der Waals surface area (Å²) in [4.78, 5) is 22.5. The lowest BCUT2D eigenvalue weighted by atomic mass is 10.0. The van der Waals surface area contributed by atoms with Crippen LogP contribution in [0, 0.1) is 0 Å². The largest absolute Gasteiger partial charge is 0.450 e. The van der Waals surface area contributed by atoms with Crippen LogP contribution in [0.15, 0.2) is 42.5 Å². The molecule has 0 heterocycles. The number of carbonyl (C=O) groups excluding carboxylic acids is 2. The van der Waals surface area contributed by atoms with Gasteiger partial charge in [-0.05, 0) is 42.8 Å². The normalized spacial score (nSPS) is 10.0. The third kappa shape index (κ3) is 3.83. The van der Waals surface area contributed by atoms with Crippen LogP contribution in [0.5, 0.6) is 0 Å². The van der Waals surface area contributed by atoms with Crippen LogP contribution < -0.4 is 5.32 Å². The Labute approximate surface area is 127 Å². The molecule has 0 bridgehead atoms. The van der Waals surface area contributed by atoms with E-state index in [0.717, 1.165) is 17.4 Å². The Morgan fingerprint density at radius 2 is 1.95 bits per heavy atom. The standard InChI is InChI=1S/C16H14ClNO3/c1-2-21-16(20)18-15-8-3-11(10-19)9-14(15)12-4-6-13(17)7-5-12/h3-10H,2H2,1H3,(H,18,20). The molecular weight excluding hydrogens is 290 g/mol. The summed E-state index contributed by atoms with van der Waals surface area (Å²) in [5, 5.41) is 3.28. The van der Waals surface area contributed by atoms with Crippen LogP contribution in [0.25, 0.3) is 11.1 Å². The summed E-state index contributed by atoms with van der Waals surface area (Å²) in [6.45, 7) is 2.02. The maximum atomic E-state index is 11.6. The minimum absolute atomic E-state index is 0.286. The highest BCUT2D eigenvalue weighted by atomic mass is 35.5. The lowest BCUT2D eigenvalue weighted by Gasteiger charge is -2.12. The second-order valence-electron chi connectivity index (χ2n) is 4.28. The lowest BCUT2D eigenvalue weighted by molar-refractivity contribution is 0.112. The first-order valence-corrected chi connectivity index (χ1v) is 6.80. The summed E-state index contributed by atoms with van der Waals surface area (Å²) in [7, 11) is 0. The summed E-state index contributed by atoms with van der Waals surface area (Å²) in [6.07, 6.45) is 0.222. The van der Waals surface area contributed by atoms with E-state index in [1.54, 1.807) is 37.3 Å². The Kier molecular flexibility index (Phi) is 4.95. The van der Waals surface area contributed by atoms with Crippen LogP contribution in [0.2, 0.25) is 5.02 Å². The predicted octanol–water partition coefficient (Wildman–Crippen LogP) is 4.39. The molecule has 1 N–H and O–H groups in total. The maximum Gasteiger partial charge on any atom is 0.411 e. The zero-order chi connectivity index (χ0) is 15.2. The third-order valence-electron chi connectivity index (χ3n) is 2.85. The van der Waals surface area contributed by atoms with Gasteiger partial charge in [-0.1, -0.05) is 23.7 Å². The highest BCUT2D eigenvalue weighted by molar-refractivity contribution is 6.30. The maximum absolute atomic E-state index is 11.6. The van der Waals surface area contributed by atoms with Crippen LogP contribution in [0.4, 0.5) is 10.5 Å². The molecule has 0 fully saturated rings. The molecule has 0 aliphatic heterocycles. The summed E-state index contributed by atoms with van der Waals surface area (Å²) < 4.78 is 4.87. The Hall–Kier alpha value is -2.33. The third-order valence-corrected chi connectivity index (χ3v) is 3.10. The van der Waals surface area contributed by atoms with E-state index in [4.69, 9.17) is 16.3 Å². The predicted molar refractivity (Wildman–Crippen MR) is 82.9 cm³/mol. The number of carbonyl (C=O) groups is 2. The van der Waals surface area contributed by atoms with Crippen molar-refractivity contribution in [1.29, 1.82) is 0 Å². The summed E-state index contributed by atoms with van der Waals surface area (Å²) in [6, 6.07) is 12.2.